The number of ether oxygens (including phenoxy) is 6. The summed E-state index contributed by atoms with van der Waals surface area (Å²) in [6.07, 6.45) is -0.248. The van der Waals surface area contributed by atoms with E-state index in [2.05, 4.69) is 5.32 Å². The summed E-state index contributed by atoms with van der Waals surface area (Å²) < 4.78 is 31.4. The minimum absolute atomic E-state index is 0.0533. The fourth-order valence-electron chi connectivity index (χ4n) is 3.40. The summed E-state index contributed by atoms with van der Waals surface area (Å²) in [5, 5.41) is 3.07. The normalized spacial score (nSPS) is 14.6. The Morgan fingerprint density at radius 2 is 1.35 bits per heavy atom. The van der Waals surface area contributed by atoms with Gasteiger partial charge in [-0.05, 0) is 64.2 Å². The molecule has 0 spiro atoms. The number of hydrogen-bond donors (Lipinski definition) is 1. The van der Waals surface area contributed by atoms with Gasteiger partial charge in [0.1, 0.15) is 24.4 Å². The Hall–Kier alpha value is -3.34. The van der Waals surface area contributed by atoms with Crippen molar-refractivity contribution < 1.29 is 47.6 Å². The van der Waals surface area contributed by atoms with Crippen molar-refractivity contribution in [1.82, 2.24) is 5.32 Å². The first-order valence-electron chi connectivity index (χ1n) is 13.8. The van der Waals surface area contributed by atoms with Gasteiger partial charge in [-0.3, -0.25) is 9.59 Å². The molecule has 4 unspecified atom stereocenters. The third-order valence-electron chi connectivity index (χ3n) is 6.16. The number of hydrogen-bond acceptors (Lipinski definition) is 11. The number of nitrogens with one attached hydrogen (secondary N) is 1. The minimum Gasteiger partial charge on any atom is -0.468 e. The van der Waals surface area contributed by atoms with Crippen LogP contribution < -0.4 is 14.8 Å². The molecular weight excluding hydrogens is 522 g/mol. The number of esters is 2. The van der Waals surface area contributed by atoms with Crippen LogP contribution >= 0.6 is 0 Å². The molecule has 0 bridgehead atoms. The van der Waals surface area contributed by atoms with Crippen molar-refractivity contribution in [3.63, 3.8) is 0 Å². The zero-order chi connectivity index (χ0) is 30.2. The van der Waals surface area contributed by atoms with Gasteiger partial charge in [0, 0.05) is 6.54 Å². The maximum absolute atomic E-state index is 12.5. The minimum atomic E-state index is -0.970. The highest BCUT2D eigenvalue weighted by molar-refractivity contribution is 5.76. The second kappa shape index (κ2) is 18.1. The molecule has 1 aromatic carbocycles. The molecule has 0 saturated heterocycles. The van der Waals surface area contributed by atoms with Crippen LogP contribution in [0.4, 0.5) is 9.59 Å². The van der Waals surface area contributed by atoms with Gasteiger partial charge >= 0.3 is 24.2 Å². The molecule has 0 radical (unpaired) electrons. The van der Waals surface area contributed by atoms with Crippen LogP contribution in [0.3, 0.4) is 0 Å². The molecule has 0 aliphatic heterocycles. The van der Waals surface area contributed by atoms with E-state index >= 15 is 0 Å². The van der Waals surface area contributed by atoms with Crippen LogP contribution in [0.5, 0.6) is 11.5 Å². The third-order valence-corrected chi connectivity index (χ3v) is 6.16. The highest BCUT2D eigenvalue weighted by Gasteiger charge is 2.24. The predicted molar refractivity (Wildman–Crippen MR) is 147 cm³/mol. The van der Waals surface area contributed by atoms with E-state index in [9.17, 15) is 19.2 Å². The van der Waals surface area contributed by atoms with Gasteiger partial charge in [0.2, 0.25) is 0 Å². The van der Waals surface area contributed by atoms with Gasteiger partial charge in [-0.2, -0.15) is 0 Å². The molecule has 40 heavy (non-hydrogen) atoms. The van der Waals surface area contributed by atoms with E-state index in [1.54, 1.807) is 26.8 Å². The molecule has 5 atom stereocenters. The largest absolute Gasteiger partial charge is 0.514 e. The molecule has 1 N–H and O–H groups in total. The smallest absolute Gasteiger partial charge is 0.468 e. The average Bonchev–Trinajstić information content (AvgIpc) is 2.91. The monoisotopic (exact) mass is 567 g/mol. The van der Waals surface area contributed by atoms with E-state index < -0.39 is 30.4 Å². The number of carbonyl (C=O) groups excluding carboxylic acids is 4. The second-order valence-corrected chi connectivity index (χ2v) is 9.78. The van der Waals surface area contributed by atoms with E-state index in [0.717, 1.165) is 12.8 Å². The van der Waals surface area contributed by atoms with Crippen LogP contribution in [0.25, 0.3) is 0 Å². The molecular formula is C29H45NO10. The Morgan fingerprint density at radius 3 is 1.88 bits per heavy atom. The molecule has 1 rings (SSSR count). The van der Waals surface area contributed by atoms with Gasteiger partial charge in [-0.1, -0.05) is 40.2 Å². The molecule has 0 amide bonds. The van der Waals surface area contributed by atoms with Gasteiger partial charge in [0.15, 0.2) is 11.5 Å². The third kappa shape index (κ3) is 12.7. The first-order valence-corrected chi connectivity index (χ1v) is 13.8. The molecule has 1 aromatic rings. The molecule has 0 saturated carbocycles. The maximum atomic E-state index is 12.5. The molecule has 0 aliphatic carbocycles. The quantitative estimate of drug-likeness (QED) is 0.157. The summed E-state index contributed by atoms with van der Waals surface area (Å²) in [5.41, 5.74) is 0.568. The fraction of sp³-hybridized carbons (Fsp3) is 0.655. The second-order valence-electron chi connectivity index (χ2n) is 9.78. The predicted octanol–water partition coefficient (Wildman–Crippen LogP) is 5.36. The van der Waals surface area contributed by atoms with Gasteiger partial charge in [-0.25, -0.2) is 9.59 Å². The molecule has 0 heterocycles. The fourth-order valence-corrected chi connectivity index (χ4v) is 3.40. The Balaban J connectivity index is 3.07. The van der Waals surface area contributed by atoms with E-state index in [0.29, 0.717) is 18.4 Å². The van der Waals surface area contributed by atoms with Crippen LogP contribution in [0.2, 0.25) is 0 Å². The maximum Gasteiger partial charge on any atom is 0.514 e. The van der Waals surface area contributed by atoms with E-state index in [1.807, 2.05) is 27.7 Å². The lowest BCUT2D eigenvalue weighted by atomic mass is 10.0. The first-order chi connectivity index (χ1) is 18.9. The number of benzene rings is 1. The molecule has 11 heteroatoms. The molecule has 0 aliphatic rings. The van der Waals surface area contributed by atoms with Crippen molar-refractivity contribution in [2.45, 2.75) is 105 Å². The van der Waals surface area contributed by atoms with Gasteiger partial charge in [0.05, 0.1) is 13.0 Å². The topological polar surface area (TPSA) is 136 Å². The number of rotatable bonds is 16. The Morgan fingerprint density at radius 1 is 0.775 bits per heavy atom. The van der Waals surface area contributed by atoms with E-state index in [-0.39, 0.29) is 48.6 Å². The number of carbonyl (C=O) groups is 4. The molecule has 11 nitrogen and oxygen atoms in total. The van der Waals surface area contributed by atoms with Crippen LogP contribution in [0, 0.1) is 5.92 Å². The summed E-state index contributed by atoms with van der Waals surface area (Å²) in [6.45, 7) is 12.9. The Kier molecular flexibility index (Phi) is 15.7. The highest BCUT2D eigenvalue weighted by atomic mass is 16.7. The van der Waals surface area contributed by atoms with Gasteiger partial charge in [-0.15, -0.1) is 0 Å². The van der Waals surface area contributed by atoms with E-state index in [1.165, 1.54) is 19.2 Å². The van der Waals surface area contributed by atoms with Crippen molar-refractivity contribution in [1.29, 1.82) is 0 Å². The van der Waals surface area contributed by atoms with Crippen LogP contribution in [0.1, 0.15) is 79.7 Å². The summed E-state index contributed by atoms with van der Waals surface area (Å²) >= 11 is 0. The Bertz CT molecular complexity index is 966. The lowest BCUT2D eigenvalue weighted by molar-refractivity contribution is -0.152. The van der Waals surface area contributed by atoms with Crippen molar-refractivity contribution in [3.8, 4) is 11.5 Å². The first kappa shape index (κ1) is 34.7. The SMILES string of the molecule is CCCC(C)C(=O)OC(C)CN[C@@H](Cc1ccc(OC(=O)OC(C)CC)c(OC(=O)OC(C)CC)c1)C(=O)OC. The highest BCUT2D eigenvalue weighted by Crippen LogP contribution is 2.30. The summed E-state index contributed by atoms with van der Waals surface area (Å²) in [6, 6.07) is 3.72. The molecule has 0 fully saturated rings. The van der Waals surface area contributed by atoms with Gasteiger partial charge in [0.25, 0.3) is 0 Å². The summed E-state index contributed by atoms with van der Waals surface area (Å²) in [4.78, 5) is 49.3. The number of methoxy groups -OCH3 is 1. The zero-order valence-corrected chi connectivity index (χ0v) is 24.9. The van der Waals surface area contributed by atoms with E-state index in [4.69, 9.17) is 28.4 Å². The lowest BCUT2D eigenvalue weighted by Gasteiger charge is -2.21. The Labute approximate surface area is 237 Å². The van der Waals surface area contributed by atoms with Crippen molar-refractivity contribution in [3.05, 3.63) is 23.8 Å². The average molecular weight is 568 g/mol. The summed E-state index contributed by atoms with van der Waals surface area (Å²) in [7, 11) is 1.27. The van der Waals surface area contributed by atoms with Crippen LogP contribution in [0.15, 0.2) is 18.2 Å². The van der Waals surface area contributed by atoms with Crippen molar-refractivity contribution >= 4 is 24.2 Å². The van der Waals surface area contributed by atoms with Crippen molar-refractivity contribution in [2.75, 3.05) is 13.7 Å². The van der Waals surface area contributed by atoms with Crippen LogP contribution in [-0.2, 0) is 35.0 Å². The standard InChI is InChI=1S/C29H45NO10/c1-9-12-18(4)26(31)36-21(7)17-30-23(27(32)35-8)15-22-13-14-24(39-28(33)37-19(5)10-2)25(16-22)40-29(34)38-20(6)11-3/h13-14,16,18-21,23,30H,9-12,15,17H2,1-8H3/t18?,19?,20?,21?,23-/m0/s1. The summed E-state index contributed by atoms with van der Waals surface area (Å²) in [5.74, 6) is -1.17. The lowest BCUT2D eigenvalue weighted by Crippen LogP contribution is -2.43. The van der Waals surface area contributed by atoms with Gasteiger partial charge < -0.3 is 33.7 Å². The van der Waals surface area contributed by atoms with Crippen molar-refractivity contribution in [2.24, 2.45) is 5.92 Å². The van der Waals surface area contributed by atoms with Crippen LogP contribution in [-0.4, -0.2) is 62.3 Å². The molecule has 0 aromatic heterocycles. The zero-order valence-electron chi connectivity index (χ0n) is 24.9. The molecule has 226 valence electrons.